The number of nitrogens with zero attached hydrogens (tertiary/aromatic N) is 2. The zero-order valence-corrected chi connectivity index (χ0v) is 16.3. The van der Waals surface area contributed by atoms with Crippen LogP contribution in [-0.2, 0) is 9.59 Å². The molecule has 2 aromatic heterocycles. The molecule has 1 aromatic carbocycles. The van der Waals surface area contributed by atoms with Gasteiger partial charge in [-0.15, -0.1) is 22.9 Å². The third kappa shape index (κ3) is 5.07. The topological polar surface area (TPSA) is 84.0 Å². The first kappa shape index (κ1) is 18.9. The van der Waals surface area contributed by atoms with Crippen LogP contribution in [0.25, 0.3) is 10.2 Å². The Morgan fingerprint density at radius 1 is 1.12 bits per heavy atom. The maximum atomic E-state index is 12.0. The van der Waals surface area contributed by atoms with E-state index in [4.69, 9.17) is 23.2 Å². The Balaban J connectivity index is 1.61. The highest BCUT2D eigenvalue weighted by Gasteiger charge is 2.10. The number of aromatic nitrogens is 2. The monoisotopic (exact) mass is 426 g/mol. The van der Waals surface area contributed by atoms with E-state index in [1.54, 1.807) is 24.3 Å². The summed E-state index contributed by atoms with van der Waals surface area (Å²) in [5.41, 5.74) is 1.46. The lowest BCUT2D eigenvalue weighted by Gasteiger charge is -2.03. The minimum atomic E-state index is -0.267. The second-order valence-corrected chi connectivity index (χ2v) is 7.93. The van der Waals surface area contributed by atoms with Gasteiger partial charge in [0.05, 0.1) is 16.0 Å². The molecule has 2 amide bonds. The second kappa shape index (κ2) is 8.68. The molecule has 0 aliphatic carbocycles. The van der Waals surface area contributed by atoms with Crippen molar-refractivity contribution in [1.29, 1.82) is 0 Å². The molecule has 0 aliphatic rings. The smallest absolute Gasteiger partial charge is 0.239 e. The molecule has 3 aromatic rings. The van der Waals surface area contributed by atoms with Gasteiger partial charge in [-0.25, -0.2) is 9.97 Å². The molecule has 0 saturated carbocycles. The van der Waals surface area contributed by atoms with E-state index in [1.807, 2.05) is 12.1 Å². The molecule has 2 heterocycles. The molecule has 0 spiro atoms. The number of carbonyl (C=O) groups is 2. The molecule has 0 radical (unpaired) electrons. The number of carbonyl (C=O) groups excluding carboxylic acids is 2. The van der Waals surface area contributed by atoms with E-state index < -0.39 is 0 Å². The predicted octanol–water partition coefficient (Wildman–Crippen LogP) is 4.25. The summed E-state index contributed by atoms with van der Waals surface area (Å²) in [6.45, 7) is 0. The van der Waals surface area contributed by atoms with E-state index in [0.29, 0.717) is 16.7 Å². The molecule has 6 nitrogen and oxygen atoms in total. The van der Waals surface area contributed by atoms with Gasteiger partial charge < -0.3 is 10.6 Å². The normalized spacial score (nSPS) is 10.7. The van der Waals surface area contributed by atoms with Crippen LogP contribution in [0.3, 0.4) is 0 Å². The third-order valence-electron chi connectivity index (χ3n) is 3.08. The number of rotatable bonds is 6. The number of thiazole rings is 1. The number of anilines is 2. The number of pyridine rings is 1. The van der Waals surface area contributed by atoms with Crippen molar-refractivity contribution in [1.82, 2.24) is 9.97 Å². The Morgan fingerprint density at radius 2 is 1.96 bits per heavy atom. The molecular weight excluding hydrogens is 415 g/mol. The van der Waals surface area contributed by atoms with Crippen LogP contribution in [-0.4, -0.2) is 33.4 Å². The molecule has 134 valence electrons. The van der Waals surface area contributed by atoms with Crippen molar-refractivity contribution in [2.45, 2.75) is 4.34 Å². The number of alkyl halides is 1. The van der Waals surface area contributed by atoms with Gasteiger partial charge in [0.25, 0.3) is 0 Å². The van der Waals surface area contributed by atoms with Gasteiger partial charge in [-0.05, 0) is 30.3 Å². The fourth-order valence-electron chi connectivity index (χ4n) is 2.02. The standard InChI is InChI=1S/C16H12Cl2N4O2S2/c17-7-14(23)19-9-4-5-10-11(6-9)26-16(20-10)25-8-15(24)22-13-3-1-2-12(18)21-13/h1-6H,7-8H2,(H,19,23)(H,21,22,24). The van der Waals surface area contributed by atoms with E-state index in [9.17, 15) is 9.59 Å². The average molecular weight is 427 g/mol. The molecule has 0 atom stereocenters. The van der Waals surface area contributed by atoms with Crippen molar-refractivity contribution in [3.8, 4) is 0 Å². The molecule has 0 saturated heterocycles. The average Bonchev–Trinajstić information content (AvgIpc) is 3.02. The molecule has 2 N–H and O–H groups in total. The third-order valence-corrected chi connectivity index (χ3v) is 5.70. The Kier molecular flexibility index (Phi) is 6.31. The van der Waals surface area contributed by atoms with Crippen molar-refractivity contribution in [3.05, 3.63) is 41.6 Å². The van der Waals surface area contributed by atoms with E-state index >= 15 is 0 Å². The summed E-state index contributed by atoms with van der Waals surface area (Å²) in [7, 11) is 0. The number of hydrogen-bond acceptors (Lipinski definition) is 6. The van der Waals surface area contributed by atoms with Crippen LogP contribution in [0.5, 0.6) is 0 Å². The van der Waals surface area contributed by atoms with Gasteiger partial charge in [0.1, 0.15) is 16.9 Å². The summed E-state index contributed by atoms with van der Waals surface area (Å²) in [6, 6.07) is 10.4. The first-order chi connectivity index (χ1) is 12.5. The number of nitrogens with one attached hydrogen (secondary N) is 2. The Labute approximate surface area is 167 Å². The number of fused-ring (bicyclic) bond motifs is 1. The van der Waals surface area contributed by atoms with Gasteiger partial charge in [0.2, 0.25) is 11.8 Å². The maximum absolute atomic E-state index is 12.0. The van der Waals surface area contributed by atoms with Gasteiger partial charge in [0.15, 0.2) is 4.34 Å². The SMILES string of the molecule is O=C(CCl)Nc1ccc2nc(SCC(=O)Nc3cccc(Cl)n3)sc2c1. The van der Waals surface area contributed by atoms with Crippen LogP contribution < -0.4 is 10.6 Å². The first-order valence-corrected chi connectivity index (χ1v) is 10.1. The summed E-state index contributed by atoms with van der Waals surface area (Å²) in [5, 5.41) is 5.70. The van der Waals surface area contributed by atoms with Crippen LogP contribution in [0.15, 0.2) is 40.7 Å². The lowest BCUT2D eigenvalue weighted by Crippen LogP contribution is -2.14. The molecule has 0 fully saturated rings. The Bertz CT molecular complexity index is 964. The number of hydrogen-bond donors (Lipinski definition) is 2. The lowest BCUT2D eigenvalue weighted by molar-refractivity contribution is -0.114. The number of thioether (sulfide) groups is 1. The quantitative estimate of drug-likeness (QED) is 0.349. The molecule has 0 aliphatic heterocycles. The summed E-state index contributed by atoms with van der Waals surface area (Å²) >= 11 is 14.1. The van der Waals surface area contributed by atoms with Gasteiger partial charge in [-0.2, -0.15) is 0 Å². The number of benzene rings is 1. The molecule has 0 unspecified atom stereocenters. The molecular formula is C16H12Cl2N4O2S2. The Hall–Kier alpha value is -1.87. The van der Waals surface area contributed by atoms with E-state index in [0.717, 1.165) is 14.6 Å². The van der Waals surface area contributed by atoms with Gasteiger partial charge in [-0.3, -0.25) is 9.59 Å². The molecule has 3 rings (SSSR count). The highest BCUT2D eigenvalue weighted by atomic mass is 35.5. The predicted molar refractivity (Wildman–Crippen MR) is 108 cm³/mol. The van der Waals surface area contributed by atoms with Crippen LogP contribution in [0.2, 0.25) is 5.15 Å². The number of halogens is 2. The van der Waals surface area contributed by atoms with Crippen LogP contribution >= 0.6 is 46.3 Å². The lowest BCUT2D eigenvalue weighted by atomic mass is 10.3. The minimum Gasteiger partial charge on any atom is -0.325 e. The van der Waals surface area contributed by atoms with Crippen molar-refractivity contribution in [3.63, 3.8) is 0 Å². The summed E-state index contributed by atoms with van der Waals surface area (Å²) in [5.74, 6) is 0.0463. The summed E-state index contributed by atoms with van der Waals surface area (Å²) in [4.78, 5) is 31.9. The van der Waals surface area contributed by atoms with Crippen LogP contribution in [0, 0.1) is 0 Å². The van der Waals surface area contributed by atoms with E-state index in [-0.39, 0.29) is 23.4 Å². The van der Waals surface area contributed by atoms with Crippen LogP contribution in [0.1, 0.15) is 0 Å². The molecule has 10 heteroatoms. The van der Waals surface area contributed by atoms with Crippen molar-refractivity contribution < 1.29 is 9.59 Å². The molecule has 0 bridgehead atoms. The van der Waals surface area contributed by atoms with Gasteiger partial charge in [-0.1, -0.05) is 29.4 Å². The van der Waals surface area contributed by atoms with E-state index in [2.05, 4.69) is 20.6 Å². The zero-order chi connectivity index (χ0) is 18.5. The summed E-state index contributed by atoms with van der Waals surface area (Å²) < 4.78 is 1.67. The zero-order valence-electron chi connectivity index (χ0n) is 13.2. The van der Waals surface area contributed by atoms with Crippen LogP contribution in [0.4, 0.5) is 11.5 Å². The highest BCUT2D eigenvalue weighted by Crippen LogP contribution is 2.31. The minimum absolute atomic E-state index is 0.0988. The molecule has 26 heavy (non-hydrogen) atoms. The Morgan fingerprint density at radius 3 is 2.73 bits per heavy atom. The fourth-order valence-corrected chi connectivity index (χ4v) is 4.16. The first-order valence-electron chi connectivity index (χ1n) is 7.35. The maximum Gasteiger partial charge on any atom is 0.239 e. The van der Waals surface area contributed by atoms with E-state index in [1.165, 1.54) is 23.1 Å². The summed E-state index contributed by atoms with van der Waals surface area (Å²) in [6.07, 6.45) is 0. The second-order valence-electron chi connectivity index (χ2n) is 5.03. The van der Waals surface area contributed by atoms with Crippen molar-refractivity contribution in [2.24, 2.45) is 0 Å². The highest BCUT2D eigenvalue weighted by molar-refractivity contribution is 8.01. The number of amides is 2. The van der Waals surface area contributed by atoms with Gasteiger partial charge in [0, 0.05) is 5.69 Å². The van der Waals surface area contributed by atoms with Gasteiger partial charge >= 0.3 is 0 Å². The largest absolute Gasteiger partial charge is 0.325 e. The fraction of sp³-hybridized carbons (Fsp3) is 0.125. The van der Waals surface area contributed by atoms with Crippen molar-refractivity contribution >= 4 is 79.8 Å². The van der Waals surface area contributed by atoms with Crippen molar-refractivity contribution in [2.75, 3.05) is 22.3 Å².